The van der Waals surface area contributed by atoms with Crippen molar-refractivity contribution in [1.29, 1.82) is 0 Å². The van der Waals surface area contributed by atoms with Crippen LogP contribution in [0.25, 0.3) is 0 Å². The van der Waals surface area contributed by atoms with E-state index in [9.17, 15) is 13.2 Å². The maximum Gasteiger partial charge on any atom is 0.237 e. The summed E-state index contributed by atoms with van der Waals surface area (Å²) in [6.45, 7) is 7.23. The second kappa shape index (κ2) is 6.20. The van der Waals surface area contributed by atoms with Gasteiger partial charge in [-0.25, -0.2) is 8.42 Å². The topological polar surface area (TPSA) is 75.3 Å². The number of sulfone groups is 1. The second-order valence-corrected chi connectivity index (χ2v) is 6.73. The van der Waals surface area contributed by atoms with Crippen LogP contribution in [0.3, 0.4) is 0 Å². The number of rotatable bonds is 6. The molecular weight excluding hydrogens is 228 g/mol. The van der Waals surface area contributed by atoms with Crippen LogP contribution >= 0.6 is 0 Å². The van der Waals surface area contributed by atoms with Gasteiger partial charge in [0, 0.05) is 18.3 Å². The molecule has 0 aromatic heterocycles. The van der Waals surface area contributed by atoms with Gasteiger partial charge in [-0.05, 0) is 27.7 Å². The van der Waals surface area contributed by atoms with Crippen molar-refractivity contribution in [3.8, 4) is 0 Å². The van der Waals surface area contributed by atoms with Crippen LogP contribution in [0.1, 0.15) is 27.7 Å². The third-order valence-corrected chi connectivity index (χ3v) is 3.02. The Bertz CT molecular complexity index is 325. The van der Waals surface area contributed by atoms with Crippen LogP contribution in [0.4, 0.5) is 0 Å². The van der Waals surface area contributed by atoms with Gasteiger partial charge in [0.25, 0.3) is 0 Å². The summed E-state index contributed by atoms with van der Waals surface area (Å²) < 4.78 is 22.1. The predicted molar refractivity (Wildman–Crippen MR) is 65.0 cm³/mol. The number of hydrogen-bond donors (Lipinski definition) is 2. The summed E-state index contributed by atoms with van der Waals surface area (Å²) >= 11 is 0. The van der Waals surface area contributed by atoms with E-state index >= 15 is 0 Å². The molecule has 0 aliphatic carbocycles. The Kier molecular flexibility index (Phi) is 5.96. The smallest absolute Gasteiger partial charge is 0.237 e. The largest absolute Gasteiger partial charge is 0.353 e. The zero-order valence-electron chi connectivity index (χ0n) is 10.6. The summed E-state index contributed by atoms with van der Waals surface area (Å²) in [4.78, 5) is 11.5. The van der Waals surface area contributed by atoms with Gasteiger partial charge < -0.3 is 10.6 Å². The van der Waals surface area contributed by atoms with Crippen LogP contribution in [0, 0.1) is 0 Å². The van der Waals surface area contributed by atoms with E-state index in [0.717, 1.165) is 0 Å². The molecule has 0 heterocycles. The van der Waals surface area contributed by atoms with E-state index in [-0.39, 0.29) is 29.8 Å². The standard InChI is InChI=1S/C10H22N2O3S/c1-7(2)11-10(13)9(4)12-8(3)6-16(5,14)15/h7-9,12H,6H2,1-5H3,(H,11,13). The van der Waals surface area contributed by atoms with E-state index in [1.807, 2.05) is 13.8 Å². The third kappa shape index (κ3) is 7.64. The van der Waals surface area contributed by atoms with Gasteiger partial charge in [0.15, 0.2) is 0 Å². The first-order valence-corrected chi connectivity index (χ1v) is 7.42. The zero-order valence-corrected chi connectivity index (χ0v) is 11.4. The Morgan fingerprint density at radius 3 is 2.06 bits per heavy atom. The first kappa shape index (κ1) is 15.4. The van der Waals surface area contributed by atoms with Crippen molar-refractivity contribution >= 4 is 15.7 Å². The molecule has 0 aliphatic heterocycles. The van der Waals surface area contributed by atoms with Crippen LogP contribution in [0.15, 0.2) is 0 Å². The van der Waals surface area contributed by atoms with Crippen molar-refractivity contribution in [3.05, 3.63) is 0 Å². The molecule has 0 spiro atoms. The highest BCUT2D eigenvalue weighted by Crippen LogP contribution is 1.94. The zero-order chi connectivity index (χ0) is 12.9. The highest BCUT2D eigenvalue weighted by molar-refractivity contribution is 7.90. The molecule has 0 radical (unpaired) electrons. The molecule has 1 amide bonds. The normalized spacial score (nSPS) is 15.9. The van der Waals surface area contributed by atoms with Gasteiger partial charge >= 0.3 is 0 Å². The van der Waals surface area contributed by atoms with E-state index < -0.39 is 9.84 Å². The third-order valence-electron chi connectivity index (χ3n) is 1.91. The van der Waals surface area contributed by atoms with Crippen LogP contribution in [0.5, 0.6) is 0 Å². The average molecular weight is 250 g/mol. The molecule has 0 aromatic rings. The number of hydrogen-bond acceptors (Lipinski definition) is 4. The highest BCUT2D eigenvalue weighted by Gasteiger charge is 2.18. The Morgan fingerprint density at radius 1 is 1.19 bits per heavy atom. The Morgan fingerprint density at radius 2 is 1.69 bits per heavy atom. The van der Waals surface area contributed by atoms with Crippen molar-refractivity contribution in [2.45, 2.75) is 45.8 Å². The molecule has 96 valence electrons. The van der Waals surface area contributed by atoms with Gasteiger partial charge in [0.1, 0.15) is 9.84 Å². The quantitative estimate of drug-likeness (QED) is 0.691. The van der Waals surface area contributed by atoms with E-state index in [1.54, 1.807) is 13.8 Å². The number of nitrogens with one attached hydrogen (secondary N) is 2. The molecule has 2 unspecified atom stereocenters. The van der Waals surface area contributed by atoms with Crippen LogP contribution < -0.4 is 10.6 Å². The van der Waals surface area contributed by atoms with E-state index in [1.165, 1.54) is 6.26 Å². The molecule has 0 saturated heterocycles. The maximum atomic E-state index is 11.5. The number of carbonyl (C=O) groups is 1. The minimum absolute atomic E-state index is 0.0340. The SMILES string of the molecule is CC(C)NC(=O)C(C)NC(C)CS(C)(=O)=O. The minimum atomic E-state index is -3.01. The van der Waals surface area contributed by atoms with Crippen LogP contribution in [-0.2, 0) is 14.6 Å². The lowest BCUT2D eigenvalue weighted by molar-refractivity contribution is -0.123. The minimum Gasteiger partial charge on any atom is -0.353 e. The molecule has 5 nitrogen and oxygen atoms in total. The van der Waals surface area contributed by atoms with Crippen molar-refractivity contribution in [2.75, 3.05) is 12.0 Å². The van der Waals surface area contributed by atoms with Crippen molar-refractivity contribution in [2.24, 2.45) is 0 Å². The van der Waals surface area contributed by atoms with E-state index in [2.05, 4.69) is 10.6 Å². The lowest BCUT2D eigenvalue weighted by Gasteiger charge is -2.20. The fraction of sp³-hybridized carbons (Fsp3) is 0.900. The second-order valence-electron chi connectivity index (χ2n) is 4.55. The van der Waals surface area contributed by atoms with Gasteiger partial charge in [-0.2, -0.15) is 0 Å². The molecule has 0 saturated carbocycles. The highest BCUT2D eigenvalue weighted by atomic mass is 32.2. The van der Waals surface area contributed by atoms with Gasteiger partial charge in [-0.1, -0.05) is 0 Å². The summed E-state index contributed by atoms with van der Waals surface area (Å²) in [5.74, 6) is -0.0814. The fourth-order valence-corrected chi connectivity index (χ4v) is 2.42. The molecule has 0 bridgehead atoms. The number of carbonyl (C=O) groups excluding carboxylic acids is 1. The first-order chi connectivity index (χ1) is 7.11. The molecule has 0 fully saturated rings. The van der Waals surface area contributed by atoms with Crippen molar-refractivity contribution in [1.82, 2.24) is 10.6 Å². The summed E-state index contributed by atoms with van der Waals surface area (Å²) in [6, 6.07) is -0.538. The molecule has 16 heavy (non-hydrogen) atoms. The Balaban J connectivity index is 4.14. The molecule has 2 N–H and O–H groups in total. The van der Waals surface area contributed by atoms with Crippen molar-refractivity contribution < 1.29 is 13.2 Å². The molecule has 0 aromatic carbocycles. The maximum absolute atomic E-state index is 11.5. The average Bonchev–Trinajstić information content (AvgIpc) is 1.98. The predicted octanol–water partition coefficient (Wildman–Crippen LogP) is -0.0778. The number of amides is 1. The van der Waals surface area contributed by atoms with Gasteiger partial charge in [-0.15, -0.1) is 0 Å². The van der Waals surface area contributed by atoms with Gasteiger partial charge in [-0.3, -0.25) is 4.79 Å². The van der Waals surface area contributed by atoms with Crippen molar-refractivity contribution in [3.63, 3.8) is 0 Å². The van der Waals surface area contributed by atoms with Gasteiger partial charge in [0.2, 0.25) is 5.91 Å². The summed E-state index contributed by atoms with van der Waals surface area (Å²) in [7, 11) is -3.01. The molecule has 0 aliphatic rings. The van der Waals surface area contributed by atoms with Gasteiger partial charge in [0.05, 0.1) is 11.8 Å². The summed E-state index contributed by atoms with van der Waals surface area (Å²) in [5.41, 5.74) is 0. The molecule has 6 heteroatoms. The van der Waals surface area contributed by atoms with Crippen LogP contribution in [-0.4, -0.2) is 44.5 Å². The van der Waals surface area contributed by atoms with Crippen LogP contribution in [0.2, 0.25) is 0 Å². The Labute approximate surface area is 97.9 Å². The molecule has 0 rings (SSSR count). The monoisotopic (exact) mass is 250 g/mol. The summed E-state index contributed by atoms with van der Waals surface area (Å²) in [6.07, 6.45) is 1.18. The van der Waals surface area contributed by atoms with E-state index in [0.29, 0.717) is 0 Å². The molecule has 2 atom stereocenters. The fourth-order valence-electron chi connectivity index (χ4n) is 1.41. The summed E-state index contributed by atoms with van der Waals surface area (Å²) in [5, 5.41) is 5.71. The lowest BCUT2D eigenvalue weighted by atomic mass is 10.2. The first-order valence-electron chi connectivity index (χ1n) is 5.36. The van der Waals surface area contributed by atoms with E-state index in [4.69, 9.17) is 0 Å². The Hall–Kier alpha value is -0.620. The lowest BCUT2D eigenvalue weighted by Crippen LogP contribution is -2.49. The molecular formula is C10H22N2O3S.